The van der Waals surface area contributed by atoms with E-state index in [4.69, 9.17) is 9.47 Å². The maximum Gasteiger partial charge on any atom is 0.313 e. The first-order valence-corrected chi connectivity index (χ1v) is 16.2. The number of esters is 1. The number of nitrogens with zero attached hydrogens (tertiary/aromatic N) is 5. The van der Waals surface area contributed by atoms with Crippen molar-refractivity contribution in [3.8, 4) is 0 Å². The number of carbonyl (C=O) groups is 3. The molecule has 0 bridgehead atoms. The highest BCUT2D eigenvalue weighted by molar-refractivity contribution is 5.99. The molecule has 2 amide bonds. The van der Waals surface area contributed by atoms with Crippen molar-refractivity contribution in [2.45, 2.75) is 69.0 Å². The summed E-state index contributed by atoms with van der Waals surface area (Å²) in [5, 5.41) is 19.4. The Hall–Kier alpha value is -4.35. The fourth-order valence-corrected chi connectivity index (χ4v) is 7.86. The Balaban J connectivity index is 1.35. The van der Waals surface area contributed by atoms with Crippen LogP contribution in [0.2, 0.25) is 0 Å². The minimum absolute atomic E-state index is 0.0930. The minimum Gasteiger partial charge on any atom is -0.465 e. The maximum atomic E-state index is 14.9. The number of cyclic esters (lactones) is 1. The van der Waals surface area contributed by atoms with Gasteiger partial charge in [-0.25, -0.2) is 4.68 Å². The van der Waals surface area contributed by atoms with E-state index >= 15 is 0 Å². The number of benzene rings is 2. The van der Waals surface area contributed by atoms with Crippen molar-refractivity contribution in [3.05, 3.63) is 84.5 Å². The molecule has 0 aliphatic carbocycles. The Kier molecular flexibility index (Phi) is 7.98. The predicted molar refractivity (Wildman–Crippen MR) is 168 cm³/mol. The Morgan fingerprint density at radius 2 is 1.78 bits per heavy atom. The molecular weight excluding hydrogens is 586 g/mol. The molecule has 1 aromatic heterocycles. The number of hydrogen-bond acceptors (Lipinski definition) is 8. The number of hydrogen-bond donors (Lipinski definition) is 1. The molecule has 1 N–H and O–H groups in total. The Labute approximate surface area is 267 Å². The first-order chi connectivity index (χ1) is 22.4. The van der Waals surface area contributed by atoms with Gasteiger partial charge >= 0.3 is 5.97 Å². The smallest absolute Gasteiger partial charge is 0.313 e. The van der Waals surface area contributed by atoms with Crippen molar-refractivity contribution in [2.24, 2.45) is 11.8 Å². The second kappa shape index (κ2) is 12.1. The van der Waals surface area contributed by atoms with E-state index in [1.54, 1.807) is 9.58 Å². The molecule has 1 spiro atoms. The lowest BCUT2D eigenvalue weighted by molar-refractivity contribution is -0.163. The summed E-state index contributed by atoms with van der Waals surface area (Å²) in [6, 6.07) is 15.2. The molecule has 5 heterocycles. The van der Waals surface area contributed by atoms with Gasteiger partial charge in [0.05, 0.1) is 30.7 Å². The SMILES string of the molecule is CC[C@@]12/C=C\CCCCOC(=O)[C@@H]1[C@H]1C(=O)N([C@@H](CO)Cc3ccccc3)C3C(=O)N(Cn4nnc5ccccc54)CC=C[C@@]31O2. The molecule has 6 atom stereocenters. The monoisotopic (exact) mass is 625 g/mol. The number of aliphatic hydroxyl groups is 1. The number of ether oxygens (including phenoxy) is 2. The first kappa shape index (κ1) is 30.3. The number of allylic oxidation sites excluding steroid dienone is 1. The Bertz CT molecular complexity index is 1690. The van der Waals surface area contributed by atoms with Crippen molar-refractivity contribution >= 4 is 28.8 Å². The number of likely N-dealkylation sites (tertiary alicyclic amines) is 1. The third kappa shape index (κ3) is 4.84. The summed E-state index contributed by atoms with van der Waals surface area (Å²) in [6.07, 6.45) is 10.7. The van der Waals surface area contributed by atoms with E-state index in [1.807, 2.05) is 85.8 Å². The fourth-order valence-electron chi connectivity index (χ4n) is 7.86. The number of carbonyl (C=O) groups excluding carboxylic acids is 3. The van der Waals surface area contributed by atoms with E-state index in [1.165, 1.54) is 4.90 Å². The lowest BCUT2D eigenvalue weighted by atomic mass is 9.73. The van der Waals surface area contributed by atoms with Crippen molar-refractivity contribution in [1.82, 2.24) is 24.8 Å². The molecule has 11 heteroatoms. The molecule has 0 radical (unpaired) electrons. The van der Waals surface area contributed by atoms with Gasteiger partial charge in [-0.15, -0.1) is 5.10 Å². The van der Waals surface area contributed by atoms with Crippen molar-refractivity contribution in [2.75, 3.05) is 19.8 Å². The molecule has 2 fully saturated rings. The standard InChI is InChI=1S/C35H39N5O6/c1-2-34-17-10-3-4-11-20-45-33(44)29(34)28-31(42)40(25(22-41)21-24-13-6-5-7-14-24)30-32(43)38(19-12-18-35(28,30)46-34)23-39-27-16-9-8-15-26(27)36-37-39/h5-10,12-18,25,28-30,41H,2-4,11,19-23H2,1H3/b17-10-/t25-,28+,29+,30?,34-,35+/m1/s1. The molecule has 2 saturated heterocycles. The van der Waals surface area contributed by atoms with E-state index < -0.39 is 47.0 Å². The molecule has 3 aromatic rings. The topological polar surface area (TPSA) is 127 Å². The zero-order chi connectivity index (χ0) is 31.9. The van der Waals surface area contributed by atoms with Crippen LogP contribution >= 0.6 is 0 Å². The Morgan fingerprint density at radius 3 is 2.59 bits per heavy atom. The molecule has 1 unspecified atom stereocenters. The second-order valence-corrected chi connectivity index (χ2v) is 12.6. The third-order valence-electron chi connectivity index (χ3n) is 10.0. The van der Waals surface area contributed by atoms with E-state index in [0.717, 1.165) is 30.3 Å². The summed E-state index contributed by atoms with van der Waals surface area (Å²) in [5.74, 6) is -3.23. The van der Waals surface area contributed by atoms with Gasteiger partial charge in [-0.2, -0.15) is 0 Å². The molecule has 0 saturated carbocycles. The number of aliphatic hydroxyl groups excluding tert-OH is 1. The van der Waals surface area contributed by atoms with Gasteiger partial charge in [0.1, 0.15) is 35.3 Å². The molecule has 4 aliphatic heterocycles. The number of aromatic nitrogens is 3. The molecule has 240 valence electrons. The minimum atomic E-state index is -1.46. The lowest BCUT2D eigenvalue weighted by Gasteiger charge is -2.41. The molecule has 2 aromatic carbocycles. The summed E-state index contributed by atoms with van der Waals surface area (Å²) in [4.78, 5) is 46.9. The highest BCUT2D eigenvalue weighted by Gasteiger charge is 2.75. The number of fused-ring (bicyclic) bond motifs is 3. The van der Waals surface area contributed by atoms with Crippen LogP contribution in [0.4, 0.5) is 0 Å². The summed E-state index contributed by atoms with van der Waals surface area (Å²) in [5.41, 5.74) is -0.221. The van der Waals surface area contributed by atoms with Gasteiger partial charge < -0.3 is 24.4 Å². The molecule has 4 aliphatic rings. The molecule has 46 heavy (non-hydrogen) atoms. The molecule has 11 nitrogen and oxygen atoms in total. The van der Waals surface area contributed by atoms with Crippen LogP contribution in [0.25, 0.3) is 11.0 Å². The largest absolute Gasteiger partial charge is 0.465 e. The average molecular weight is 626 g/mol. The van der Waals surface area contributed by atoms with Crippen LogP contribution in [0.5, 0.6) is 0 Å². The summed E-state index contributed by atoms with van der Waals surface area (Å²) >= 11 is 0. The van der Waals surface area contributed by atoms with E-state index in [-0.39, 0.29) is 32.3 Å². The normalized spacial score (nSPS) is 30.8. The van der Waals surface area contributed by atoms with Gasteiger partial charge in [0.15, 0.2) is 0 Å². The average Bonchev–Trinajstić information content (AvgIpc) is 3.66. The van der Waals surface area contributed by atoms with E-state index in [9.17, 15) is 19.5 Å². The summed E-state index contributed by atoms with van der Waals surface area (Å²) in [6.45, 7) is 2.14. The zero-order valence-electron chi connectivity index (χ0n) is 25.9. The van der Waals surface area contributed by atoms with Crippen LogP contribution in [0.3, 0.4) is 0 Å². The first-order valence-electron chi connectivity index (χ1n) is 16.2. The van der Waals surface area contributed by atoms with Crippen LogP contribution in [-0.4, -0.2) is 90.7 Å². The van der Waals surface area contributed by atoms with E-state index in [0.29, 0.717) is 18.4 Å². The van der Waals surface area contributed by atoms with Crippen LogP contribution < -0.4 is 0 Å². The number of amides is 2. The second-order valence-electron chi connectivity index (χ2n) is 12.6. The van der Waals surface area contributed by atoms with Gasteiger partial charge in [-0.1, -0.05) is 78.9 Å². The molecular formula is C35H39N5O6. The number of rotatable bonds is 7. The maximum absolute atomic E-state index is 14.9. The molecule has 7 rings (SSSR count). The van der Waals surface area contributed by atoms with Crippen molar-refractivity contribution in [1.29, 1.82) is 0 Å². The van der Waals surface area contributed by atoms with Crippen LogP contribution in [-0.2, 0) is 36.9 Å². The third-order valence-corrected chi connectivity index (χ3v) is 10.0. The van der Waals surface area contributed by atoms with Crippen molar-refractivity contribution in [3.63, 3.8) is 0 Å². The van der Waals surface area contributed by atoms with Gasteiger partial charge in [0, 0.05) is 6.54 Å². The zero-order valence-corrected chi connectivity index (χ0v) is 25.9. The Morgan fingerprint density at radius 1 is 0.978 bits per heavy atom. The van der Waals surface area contributed by atoms with Crippen LogP contribution in [0, 0.1) is 11.8 Å². The fraction of sp³-hybridized carbons (Fsp3) is 0.457. The predicted octanol–water partition coefficient (Wildman–Crippen LogP) is 3.04. The summed E-state index contributed by atoms with van der Waals surface area (Å²) in [7, 11) is 0. The summed E-state index contributed by atoms with van der Waals surface area (Å²) < 4.78 is 14.5. The van der Waals surface area contributed by atoms with Gasteiger partial charge in [0.2, 0.25) is 5.91 Å². The highest BCUT2D eigenvalue weighted by atomic mass is 16.6. The van der Waals surface area contributed by atoms with Gasteiger partial charge in [0.25, 0.3) is 5.91 Å². The van der Waals surface area contributed by atoms with E-state index in [2.05, 4.69) is 10.3 Å². The van der Waals surface area contributed by atoms with Crippen LogP contribution in [0.1, 0.15) is 38.2 Å². The van der Waals surface area contributed by atoms with Crippen LogP contribution in [0.15, 0.2) is 78.9 Å². The van der Waals surface area contributed by atoms with Crippen molar-refractivity contribution < 1.29 is 29.0 Å². The quantitative estimate of drug-likeness (QED) is 0.314. The highest BCUT2D eigenvalue weighted by Crippen LogP contribution is 2.58. The number of para-hydroxylation sites is 1. The lowest BCUT2D eigenvalue weighted by Crippen LogP contribution is -2.59. The van der Waals surface area contributed by atoms with Gasteiger partial charge in [-0.05, 0) is 49.8 Å². The van der Waals surface area contributed by atoms with Gasteiger partial charge in [-0.3, -0.25) is 14.4 Å².